The van der Waals surface area contributed by atoms with Gasteiger partial charge >= 0.3 is 0 Å². The highest BCUT2D eigenvalue weighted by Crippen LogP contribution is 2.11. The number of hydrogen-bond acceptors (Lipinski definition) is 3. The van der Waals surface area contributed by atoms with E-state index in [1.165, 1.54) is 6.20 Å². The Bertz CT molecular complexity index is 370. The van der Waals surface area contributed by atoms with Crippen LogP contribution in [0.5, 0.6) is 0 Å². The minimum absolute atomic E-state index is 0.170. The first-order valence-corrected chi connectivity index (χ1v) is 4.63. The molecule has 82 valence electrons. The Morgan fingerprint density at radius 2 is 2.27 bits per heavy atom. The molecule has 6 nitrogen and oxygen atoms in total. The van der Waals surface area contributed by atoms with E-state index in [2.05, 4.69) is 15.5 Å². The maximum atomic E-state index is 11.4. The minimum atomic E-state index is -0.622. The molecule has 0 saturated heterocycles. The summed E-state index contributed by atoms with van der Waals surface area (Å²) in [5, 5.41) is 8.69. The molecule has 0 spiro atoms. The molecule has 2 amide bonds. The lowest BCUT2D eigenvalue weighted by atomic mass is 10.1. The van der Waals surface area contributed by atoms with Crippen molar-refractivity contribution in [2.45, 2.75) is 20.3 Å². The monoisotopic (exact) mass is 210 g/mol. The van der Waals surface area contributed by atoms with Crippen molar-refractivity contribution in [1.82, 2.24) is 10.2 Å². The summed E-state index contributed by atoms with van der Waals surface area (Å²) in [4.78, 5) is 22.3. The van der Waals surface area contributed by atoms with E-state index in [9.17, 15) is 9.59 Å². The molecule has 0 aliphatic heterocycles. The SMILES string of the molecule is CC(C)CC(=O)Nc1[nH]ncc1C(N)=O. The van der Waals surface area contributed by atoms with Gasteiger partial charge in [0.15, 0.2) is 0 Å². The number of anilines is 1. The van der Waals surface area contributed by atoms with Crippen molar-refractivity contribution in [3.8, 4) is 0 Å². The number of H-pyrrole nitrogens is 1. The second-order valence-corrected chi connectivity index (χ2v) is 3.67. The number of primary amides is 1. The third-order valence-electron chi connectivity index (χ3n) is 1.76. The molecule has 0 aliphatic carbocycles. The van der Waals surface area contributed by atoms with Crippen LogP contribution in [0.3, 0.4) is 0 Å². The zero-order valence-corrected chi connectivity index (χ0v) is 8.70. The Morgan fingerprint density at radius 3 is 2.80 bits per heavy atom. The highest BCUT2D eigenvalue weighted by atomic mass is 16.2. The van der Waals surface area contributed by atoms with Gasteiger partial charge in [0.25, 0.3) is 5.91 Å². The van der Waals surface area contributed by atoms with Crippen LogP contribution in [-0.2, 0) is 4.79 Å². The van der Waals surface area contributed by atoms with Gasteiger partial charge in [-0.25, -0.2) is 0 Å². The van der Waals surface area contributed by atoms with Crippen molar-refractivity contribution in [3.63, 3.8) is 0 Å². The summed E-state index contributed by atoms with van der Waals surface area (Å²) in [5.41, 5.74) is 5.27. The van der Waals surface area contributed by atoms with Crippen LogP contribution in [0.2, 0.25) is 0 Å². The molecule has 4 N–H and O–H groups in total. The maximum absolute atomic E-state index is 11.4. The van der Waals surface area contributed by atoms with Crippen molar-refractivity contribution in [2.24, 2.45) is 11.7 Å². The molecule has 1 heterocycles. The molecule has 0 atom stereocenters. The van der Waals surface area contributed by atoms with Crippen molar-refractivity contribution in [1.29, 1.82) is 0 Å². The summed E-state index contributed by atoms with van der Waals surface area (Å²) in [6, 6.07) is 0. The lowest BCUT2D eigenvalue weighted by Crippen LogP contribution is -2.18. The average molecular weight is 210 g/mol. The Morgan fingerprint density at radius 1 is 1.60 bits per heavy atom. The lowest BCUT2D eigenvalue weighted by molar-refractivity contribution is -0.116. The number of nitrogens with zero attached hydrogens (tertiary/aromatic N) is 1. The Hall–Kier alpha value is -1.85. The first kappa shape index (κ1) is 11.2. The largest absolute Gasteiger partial charge is 0.365 e. The number of carbonyl (C=O) groups excluding carboxylic acids is 2. The normalized spacial score (nSPS) is 10.3. The zero-order valence-electron chi connectivity index (χ0n) is 8.70. The Labute approximate surface area is 87.2 Å². The molecule has 1 rings (SSSR count). The zero-order chi connectivity index (χ0) is 11.4. The fourth-order valence-electron chi connectivity index (χ4n) is 1.13. The fourth-order valence-corrected chi connectivity index (χ4v) is 1.13. The predicted molar refractivity (Wildman–Crippen MR) is 55.2 cm³/mol. The van der Waals surface area contributed by atoms with E-state index in [4.69, 9.17) is 5.73 Å². The van der Waals surface area contributed by atoms with Gasteiger partial charge in [-0.3, -0.25) is 14.7 Å². The van der Waals surface area contributed by atoms with Crippen LogP contribution in [0.15, 0.2) is 6.20 Å². The van der Waals surface area contributed by atoms with Crippen LogP contribution in [0, 0.1) is 5.92 Å². The topological polar surface area (TPSA) is 101 Å². The molecule has 0 radical (unpaired) electrons. The van der Waals surface area contributed by atoms with Gasteiger partial charge in [0.2, 0.25) is 5.91 Å². The standard InChI is InChI=1S/C9H14N4O2/c1-5(2)3-7(14)12-9-6(8(10)15)4-11-13-9/h4-5H,3H2,1-2H3,(H2,10,15)(H2,11,12,13,14). The van der Waals surface area contributed by atoms with Crippen molar-refractivity contribution in [3.05, 3.63) is 11.8 Å². The average Bonchev–Trinajstić information content (AvgIpc) is 2.50. The van der Waals surface area contributed by atoms with Crippen LogP contribution in [0.4, 0.5) is 5.82 Å². The van der Waals surface area contributed by atoms with Gasteiger partial charge in [-0.1, -0.05) is 13.8 Å². The molecule has 0 saturated carbocycles. The van der Waals surface area contributed by atoms with Gasteiger partial charge in [0, 0.05) is 6.42 Å². The van der Waals surface area contributed by atoms with Crippen LogP contribution in [-0.4, -0.2) is 22.0 Å². The summed E-state index contributed by atoms with van der Waals surface area (Å²) in [5.74, 6) is -0.279. The lowest BCUT2D eigenvalue weighted by Gasteiger charge is -2.05. The quantitative estimate of drug-likeness (QED) is 0.674. The first-order chi connectivity index (χ1) is 7.00. The number of aromatic nitrogens is 2. The summed E-state index contributed by atoms with van der Waals surface area (Å²) < 4.78 is 0. The van der Waals surface area contributed by atoms with Crippen molar-refractivity contribution in [2.75, 3.05) is 5.32 Å². The summed E-state index contributed by atoms with van der Waals surface area (Å²) >= 11 is 0. The first-order valence-electron chi connectivity index (χ1n) is 4.63. The molecule has 0 bridgehead atoms. The fraction of sp³-hybridized carbons (Fsp3) is 0.444. The molecule has 6 heteroatoms. The van der Waals surface area contributed by atoms with Gasteiger partial charge in [-0.05, 0) is 5.92 Å². The maximum Gasteiger partial charge on any atom is 0.254 e. The van der Waals surface area contributed by atoms with E-state index in [1.54, 1.807) is 0 Å². The van der Waals surface area contributed by atoms with E-state index in [1.807, 2.05) is 13.8 Å². The van der Waals surface area contributed by atoms with Gasteiger partial charge in [-0.15, -0.1) is 0 Å². The van der Waals surface area contributed by atoms with Crippen LogP contribution in [0.25, 0.3) is 0 Å². The number of hydrogen-bond donors (Lipinski definition) is 3. The minimum Gasteiger partial charge on any atom is -0.365 e. The predicted octanol–water partition coefficient (Wildman–Crippen LogP) is 0.493. The molecule has 1 aromatic heterocycles. The Kier molecular flexibility index (Phi) is 3.43. The molecule has 0 aliphatic rings. The van der Waals surface area contributed by atoms with Gasteiger partial charge < -0.3 is 11.1 Å². The summed E-state index contributed by atoms with van der Waals surface area (Å²) in [7, 11) is 0. The molecule has 15 heavy (non-hydrogen) atoms. The molecule has 0 unspecified atom stereocenters. The number of rotatable bonds is 4. The molecule has 1 aromatic rings. The van der Waals surface area contributed by atoms with Crippen LogP contribution >= 0.6 is 0 Å². The third-order valence-corrected chi connectivity index (χ3v) is 1.76. The highest BCUT2D eigenvalue weighted by Gasteiger charge is 2.13. The summed E-state index contributed by atoms with van der Waals surface area (Å²) in [6.07, 6.45) is 1.67. The van der Waals surface area contributed by atoms with E-state index in [0.717, 1.165) is 0 Å². The van der Waals surface area contributed by atoms with Crippen LogP contribution in [0.1, 0.15) is 30.6 Å². The van der Waals surface area contributed by atoms with E-state index in [-0.39, 0.29) is 23.2 Å². The molecule has 0 fully saturated rings. The number of aromatic amines is 1. The highest BCUT2D eigenvalue weighted by molar-refractivity contribution is 6.01. The second kappa shape index (κ2) is 4.59. The second-order valence-electron chi connectivity index (χ2n) is 3.67. The number of carbonyl (C=O) groups is 2. The third kappa shape index (κ3) is 3.08. The summed E-state index contributed by atoms with van der Waals surface area (Å²) in [6.45, 7) is 3.86. The molecular formula is C9H14N4O2. The molecular weight excluding hydrogens is 196 g/mol. The van der Waals surface area contributed by atoms with Crippen molar-refractivity contribution >= 4 is 17.6 Å². The number of nitrogens with two attached hydrogens (primary N) is 1. The van der Waals surface area contributed by atoms with E-state index >= 15 is 0 Å². The van der Waals surface area contributed by atoms with Gasteiger partial charge in [0.1, 0.15) is 11.4 Å². The van der Waals surface area contributed by atoms with Crippen molar-refractivity contribution < 1.29 is 9.59 Å². The van der Waals surface area contributed by atoms with Gasteiger partial charge in [0.05, 0.1) is 6.20 Å². The number of amides is 2. The smallest absolute Gasteiger partial charge is 0.254 e. The van der Waals surface area contributed by atoms with E-state index < -0.39 is 5.91 Å². The van der Waals surface area contributed by atoms with Gasteiger partial charge in [-0.2, -0.15) is 5.10 Å². The van der Waals surface area contributed by atoms with E-state index in [0.29, 0.717) is 6.42 Å². The van der Waals surface area contributed by atoms with Crippen LogP contribution < -0.4 is 11.1 Å². The Balaban J connectivity index is 2.68. The molecule has 0 aromatic carbocycles. The number of nitrogens with one attached hydrogen (secondary N) is 2.